The zero-order chi connectivity index (χ0) is 27.2. The summed E-state index contributed by atoms with van der Waals surface area (Å²) in [7, 11) is 0. The Morgan fingerprint density at radius 1 is 1.27 bits per heavy atom. The molecule has 1 saturated heterocycles. The van der Waals surface area contributed by atoms with Crippen LogP contribution in [0.4, 0.5) is 13.2 Å². The minimum Gasteiger partial charge on any atom is -0.478 e. The van der Waals surface area contributed by atoms with Gasteiger partial charge in [0.15, 0.2) is 0 Å². The number of nitrogens with zero attached hydrogens (tertiary/aromatic N) is 2. The van der Waals surface area contributed by atoms with Gasteiger partial charge in [-0.3, -0.25) is 9.48 Å². The topological polar surface area (TPSA) is 93.5 Å². The van der Waals surface area contributed by atoms with E-state index >= 15 is 0 Å². The van der Waals surface area contributed by atoms with Crippen molar-refractivity contribution in [1.82, 2.24) is 15.1 Å². The molecule has 0 unspecified atom stereocenters. The smallest absolute Gasteiger partial charge is 0.416 e. The predicted molar refractivity (Wildman–Crippen MR) is 131 cm³/mol. The van der Waals surface area contributed by atoms with E-state index in [-0.39, 0.29) is 28.3 Å². The number of halogens is 4. The molecule has 1 aromatic carbocycles. The van der Waals surface area contributed by atoms with Crippen LogP contribution in [0.15, 0.2) is 12.1 Å². The standard InChI is InChI=1S/C26H31ClF3N3O4/c1-4-18-20-19(12-25(13-31-22(20)34)5-7-37-8-6-25)33(32-18)14-24(2,3)11-15-9-16(26(28,29)30)10-17(21(15)27)23(35)36/h9-10H,4-8,11-14H2,1-3H3,(H,31,34)(H,35,36). The molecule has 0 aliphatic carbocycles. The van der Waals surface area contributed by atoms with Crippen molar-refractivity contribution in [3.63, 3.8) is 0 Å². The van der Waals surface area contributed by atoms with Gasteiger partial charge in [0.25, 0.3) is 5.91 Å². The summed E-state index contributed by atoms with van der Waals surface area (Å²) >= 11 is 6.28. The third-order valence-electron chi connectivity index (χ3n) is 7.36. The molecule has 1 amide bonds. The van der Waals surface area contributed by atoms with Crippen LogP contribution in [-0.2, 0) is 36.7 Å². The molecule has 1 aromatic heterocycles. The van der Waals surface area contributed by atoms with Crippen LogP contribution in [0, 0.1) is 10.8 Å². The molecule has 0 atom stereocenters. The molecule has 0 bridgehead atoms. The summed E-state index contributed by atoms with van der Waals surface area (Å²) in [5, 5.41) is 17.0. The fourth-order valence-corrected chi connectivity index (χ4v) is 5.67. The molecule has 2 aliphatic rings. The summed E-state index contributed by atoms with van der Waals surface area (Å²) in [5.41, 5.74) is -0.271. The normalized spacial score (nSPS) is 17.9. The Balaban J connectivity index is 1.71. The monoisotopic (exact) mass is 541 g/mol. The van der Waals surface area contributed by atoms with Crippen molar-refractivity contribution >= 4 is 23.5 Å². The molecule has 1 spiro atoms. The molecule has 2 aliphatic heterocycles. The first-order chi connectivity index (χ1) is 17.3. The third-order valence-corrected chi connectivity index (χ3v) is 7.81. The number of ether oxygens (including phenoxy) is 1. The molecular formula is C26H31ClF3N3O4. The van der Waals surface area contributed by atoms with Gasteiger partial charge in [-0.1, -0.05) is 32.4 Å². The van der Waals surface area contributed by atoms with Gasteiger partial charge in [-0.15, -0.1) is 0 Å². The SMILES string of the molecule is CCc1nn(CC(C)(C)Cc2cc(C(F)(F)F)cc(C(=O)O)c2Cl)c2c1C(=O)NCC1(CCOCC1)C2. The Bertz CT molecular complexity index is 1220. The Kier molecular flexibility index (Phi) is 7.38. The maximum Gasteiger partial charge on any atom is 0.416 e. The van der Waals surface area contributed by atoms with Gasteiger partial charge in [-0.25, -0.2) is 4.79 Å². The summed E-state index contributed by atoms with van der Waals surface area (Å²) in [4.78, 5) is 24.7. The van der Waals surface area contributed by atoms with Gasteiger partial charge >= 0.3 is 12.1 Å². The number of carboxylic acids is 1. The lowest BCUT2D eigenvalue weighted by molar-refractivity contribution is -0.137. The number of aromatic nitrogens is 2. The summed E-state index contributed by atoms with van der Waals surface area (Å²) in [6, 6.07) is 1.48. The Morgan fingerprint density at radius 2 is 1.95 bits per heavy atom. The molecule has 202 valence electrons. The highest BCUT2D eigenvalue weighted by Crippen LogP contribution is 2.40. The third kappa shape index (κ3) is 5.65. The molecule has 2 N–H and O–H groups in total. The van der Waals surface area contributed by atoms with Crippen LogP contribution in [0.5, 0.6) is 0 Å². The van der Waals surface area contributed by atoms with Crippen molar-refractivity contribution < 1.29 is 32.6 Å². The molecule has 3 heterocycles. The first-order valence-corrected chi connectivity index (χ1v) is 12.7. The number of fused-ring (bicyclic) bond motifs is 1. The maximum atomic E-state index is 13.5. The van der Waals surface area contributed by atoms with Gasteiger partial charge in [-0.2, -0.15) is 18.3 Å². The lowest BCUT2D eigenvalue weighted by Crippen LogP contribution is -2.41. The number of alkyl halides is 3. The van der Waals surface area contributed by atoms with Crippen molar-refractivity contribution in [3.8, 4) is 0 Å². The average Bonchev–Trinajstić information content (AvgIpc) is 3.07. The van der Waals surface area contributed by atoms with E-state index in [1.54, 1.807) is 0 Å². The second kappa shape index (κ2) is 9.94. The van der Waals surface area contributed by atoms with Crippen molar-refractivity contribution in [3.05, 3.63) is 50.8 Å². The Labute approximate surface area is 218 Å². The predicted octanol–water partition coefficient (Wildman–Crippen LogP) is 5.17. The van der Waals surface area contributed by atoms with Crippen LogP contribution in [0.2, 0.25) is 5.02 Å². The largest absolute Gasteiger partial charge is 0.478 e. The van der Waals surface area contributed by atoms with Gasteiger partial charge in [0.2, 0.25) is 0 Å². The highest BCUT2D eigenvalue weighted by Gasteiger charge is 2.40. The average molecular weight is 542 g/mol. The van der Waals surface area contributed by atoms with E-state index in [2.05, 4.69) is 5.32 Å². The fourth-order valence-electron chi connectivity index (χ4n) is 5.41. The number of amides is 1. The lowest BCUT2D eigenvalue weighted by Gasteiger charge is -2.36. The van der Waals surface area contributed by atoms with E-state index in [1.165, 1.54) is 0 Å². The van der Waals surface area contributed by atoms with Crippen LogP contribution in [0.3, 0.4) is 0 Å². The molecule has 4 rings (SSSR count). The number of carbonyl (C=O) groups is 2. The van der Waals surface area contributed by atoms with E-state index in [1.807, 2.05) is 25.5 Å². The highest BCUT2D eigenvalue weighted by atomic mass is 35.5. The summed E-state index contributed by atoms with van der Waals surface area (Å²) in [6.45, 7) is 7.75. The molecule has 37 heavy (non-hydrogen) atoms. The minimum atomic E-state index is -4.71. The van der Waals surface area contributed by atoms with Gasteiger partial charge in [0.05, 0.1) is 33.1 Å². The molecule has 7 nitrogen and oxygen atoms in total. The zero-order valence-electron chi connectivity index (χ0n) is 21.1. The van der Waals surface area contributed by atoms with Crippen LogP contribution in [0.1, 0.15) is 76.8 Å². The van der Waals surface area contributed by atoms with Crippen LogP contribution in [-0.4, -0.2) is 46.5 Å². The number of hydrogen-bond acceptors (Lipinski definition) is 4. The number of carboxylic acid groups (broad SMARTS) is 1. The van der Waals surface area contributed by atoms with Crippen molar-refractivity contribution in [2.24, 2.45) is 10.8 Å². The number of carbonyl (C=O) groups excluding carboxylic acids is 1. The van der Waals surface area contributed by atoms with Gasteiger partial charge in [0, 0.05) is 26.3 Å². The van der Waals surface area contributed by atoms with Gasteiger partial charge < -0.3 is 15.2 Å². The molecule has 0 saturated carbocycles. The molecular weight excluding hydrogens is 511 g/mol. The fraction of sp³-hybridized carbons (Fsp3) is 0.577. The number of rotatable bonds is 6. The molecule has 2 aromatic rings. The summed E-state index contributed by atoms with van der Waals surface area (Å²) in [6.07, 6.45) is -1.82. The van der Waals surface area contributed by atoms with E-state index in [0.29, 0.717) is 56.5 Å². The maximum absolute atomic E-state index is 13.5. The van der Waals surface area contributed by atoms with Crippen LogP contribution < -0.4 is 5.32 Å². The first kappa shape index (κ1) is 27.4. The van der Waals surface area contributed by atoms with E-state index < -0.39 is 28.7 Å². The quantitative estimate of drug-likeness (QED) is 0.526. The summed E-state index contributed by atoms with van der Waals surface area (Å²) < 4.78 is 47.9. The lowest BCUT2D eigenvalue weighted by atomic mass is 9.76. The van der Waals surface area contributed by atoms with E-state index in [9.17, 15) is 27.9 Å². The second-order valence-corrected chi connectivity index (χ2v) is 11.3. The zero-order valence-corrected chi connectivity index (χ0v) is 21.9. The number of aromatic carboxylic acids is 1. The molecule has 1 fully saturated rings. The van der Waals surface area contributed by atoms with Crippen LogP contribution in [0.25, 0.3) is 0 Å². The number of nitrogens with one attached hydrogen (secondary N) is 1. The number of aryl methyl sites for hydroxylation is 1. The minimum absolute atomic E-state index is 0.0807. The molecule has 11 heteroatoms. The number of hydrogen-bond donors (Lipinski definition) is 2. The molecule has 0 radical (unpaired) electrons. The van der Waals surface area contributed by atoms with Crippen molar-refractivity contribution in [1.29, 1.82) is 0 Å². The van der Waals surface area contributed by atoms with E-state index in [0.717, 1.165) is 24.6 Å². The van der Waals surface area contributed by atoms with E-state index in [4.69, 9.17) is 21.4 Å². The van der Waals surface area contributed by atoms with Gasteiger partial charge in [0.1, 0.15) is 0 Å². The van der Waals surface area contributed by atoms with Crippen molar-refractivity contribution in [2.75, 3.05) is 19.8 Å². The van der Waals surface area contributed by atoms with Crippen molar-refractivity contribution in [2.45, 2.75) is 65.6 Å². The Morgan fingerprint density at radius 3 is 2.54 bits per heavy atom. The number of benzene rings is 1. The second-order valence-electron chi connectivity index (χ2n) is 10.9. The summed E-state index contributed by atoms with van der Waals surface area (Å²) in [5.74, 6) is -1.68. The Hall–Kier alpha value is -2.59. The van der Waals surface area contributed by atoms with Gasteiger partial charge in [-0.05, 0) is 60.6 Å². The highest BCUT2D eigenvalue weighted by molar-refractivity contribution is 6.34. The van der Waals surface area contributed by atoms with Crippen LogP contribution >= 0.6 is 11.6 Å². The first-order valence-electron chi connectivity index (χ1n) is 12.3.